The van der Waals surface area contributed by atoms with Crippen LogP contribution in [0.5, 0.6) is 0 Å². The van der Waals surface area contributed by atoms with Crippen molar-refractivity contribution in [1.82, 2.24) is 15.5 Å². The van der Waals surface area contributed by atoms with Crippen molar-refractivity contribution >= 4 is 11.8 Å². The van der Waals surface area contributed by atoms with E-state index >= 15 is 0 Å². The molecule has 1 atom stereocenters. The van der Waals surface area contributed by atoms with Crippen molar-refractivity contribution in [3.63, 3.8) is 0 Å². The van der Waals surface area contributed by atoms with Gasteiger partial charge in [0.15, 0.2) is 0 Å². The second-order valence-corrected chi connectivity index (χ2v) is 3.55. The molecule has 0 aromatic rings. The molecule has 0 saturated carbocycles. The van der Waals surface area contributed by atoms with Gasteiger partial charge in [-0.05, 0) is 14.0 Å². The average Bonchev–Trinajstić information content (AvgIpc) is 2.27. The molecule has 6 nitrogen and oxygen atoms in total. The highest BCUT2D eigenvalue weighted by Crippen LogP contribution is 1.90. The van der Waals surface area contributed by atoms with Gasteiger partial charge in [0.2, 0.25) is 11.8 Å². The first kappa shape index (κ1) is 14.9. The number of nitrogens with zero attached hydrogens (tertiary/aromatic N) is 1. The average molecular weight is 231 g/mol. The predicted octanol–water partition coefficient (Wildman–Crippen LogP) is -1.18. The molecule has 2 amide bonds. The summed E-state index contributed by atoms with van der Waals surface area (Å²) in [6, 6.07) is -0.281. The molecule has 0 aliphatic carbocycles. The van der Waals surface area contributed by atoms with E-state index in [0.717, 1.165) is 0 Å². The lowest BCUT2D eigenvalue weighted by Crippen LogP contribution is -2.46. The third kappa shape index (κ3) is 5.67. The molecule has 0 spiro atoms. The van der Waals surface area contributed by atoms with E-state index in [-0.39, 0.29) is 24.4 Å². The summed E-state index contributed by atoms with van der Waals surface area (Å²) in [4.78, 5) is 24.4. The van der Waals surface area contributed by atoms with Crippen LogP contribution in [0.1, 0.15) is 6.92 Å². The fourth-order valence-corrected chi connectivity index (χ4v) is 1.10. The van der Waals surface area contributed by atoms with Crippen LogP contribution in [0.2, 0.25) is 0 Å². The molecule has 6 heteroatoms. The summed E-state index contributed by atoms with van der Waals surface area (Å²) in [6.07, 6.45) is 0. The summed E-state index contributed by atoms with van der Waals surface area (Å²) in [6.45, 7) is 2.74. The van der Waals surface area contributed by atoms with Gasteiger partial charge in [-0.15, -0.1) is 0 Å². The Hall–Kier alpha value is -1.14. The predicted molar refractivity (Wildman–Crippen MR) is 61.0 cm³/mol. The first-order valence-electron chi connectivity index (χ1n) is 5.20. The molecule has 0 aromatic heterocycles. The van der Waals surface area contributed by atoms with Crippen LogP contribution in [-0.2, 0) is 14.3 Å². The van der Waals surface area contributed by atoms with Gasteiger partial charge < -0.3 is 20.3 Å². The Morgan fingerprint density at radius 2 is 2.06 bits per heavy atom. The Balaban J connectivity index is 3.89. The van der Waals surface area contributed by atoms with Gasteiger partial charge in [-0.2, -0.15) is 0 Å². The Kier molecular flexibility index (Phi) is 7.49. The van der Waals surface area contributed by atoms with Gasteiger partial charge in [-0.25, -0.2) is 0 Å². The standard InChI is InChI=1S/C10H21N3O3/c1-8(11-2)10(15)13(3)7-9(14)12-5-6-16-4/h8,11H,5-7H2,1-4H3,(H,12,14). The largest absolute Gasteiger partial charge is 0.383 e. The highest BCUT2D eigenvalue weighted by atomic mass is 16.5. The molecule has 0 aromatic carbocycles. The number of amides is 2. The summed E-state index contributed by atoms with van der Waals surface area (Å²) in [5.41, 5.74) is 0. The third-order valence-electron chi connectivity index (χ3n) is 2.19. The monoisotopic (exact) mass is 231 g/mol. The molecule has 0 heterocycles. The number of hydrogen-bond donors (Lipinski definition) is 2. The minimum atomic E-state index is -0.281. The van der Waals surface area contributed by atoms with Gasteiger partial charge in [0.25, 0.3) is 0 Å². The van der Waals surface area contributed by atoms with Crippen molar-refractivity contribution in [2.45, 2.75) is 13.0 Å². The molecule has 0 rings (SSSR count). The lowest BCUT2D eigenvalue weighted by atomic mass is 10.3. The Bertz CT molecular complexity index is 233. The maximum Gasteiger partial charge on any atom is 0.239 e. The van der Waals surface area contributed by atoms with Crippen LogP contribution in [0, 0.1) is 0 Å². The molecule has 0 saturated heterocycles. The van der Waals surface area contributed by atoms with Gasteiger partial charge in [0.1, 0.15) is 0 Å². The van der Waals surface area contributed by atoms with Crippen LogP contribution >= 0.6 is 0 Å². The normalized spacial score (nSPS) is 12.0. The van der Waals surface area contributed by atoms with E-state index < -0.39 is 0 Å². The smallest absolute Gasteiger partial charge is 0.239 e. The number of carbonyl (C=O) groups excluding carboxylic acids is 2. The quantitative estimate of drug-likeness (QED) is 0.541. The van der Waals surface area contributed by atoms with E-state index in [1.54, 1.807) is 28.1 Å². The van der Waals surface area contributed by atoms with Gasteiger partial charge >= 0.3 is 0 Å². The lowest BCUT2D eigenvalue weighted by molar-refractivity contribution is -0.136. The number of carbonyl (C=O) groups is 2. The highest BCUT2D eigenvalue weighted by molar-refractivity contribution is 5.87. The van der Waals surface area contributed by atoms with Crippen LogP contribution in [0.4, 0.5) is 0 Å². The Morgan fingerprint density at radius 1 is 1.44 bits per heavy atom. The number of hydrogen-bond acceptors (Lipinski definition) is 4. The van der Waals surface area contributed by atoms with Crippen molar-refractivity contribution < 1.29 is 14.3 Å². The minimum absolute atomic E-state index is 0.0641. The van der Waals surface area contributed by atoms with Crippen molar-refractivity contribution in [3.05, 3.63) is 0 Å². The molecule has 0 bridgehead atoms. The SMILES string of the molecule is CNC(C)C(=O)N(C)CC(=O)NCCOC. The summed E-state index contributed by atoms with van der Waals surface area (Å²) in [5.74, 6) is -0.291. The zero-order valence-corrected chi connectivity index (χ0v) is 10.4. The summed E-state index contributed by atoms with van der Waals surface area (Å²) in [7, 11) is 4.87. The summed E-state index contributed by atoms with van der Waals surface area (Å²) in [5, 5.41) is 5.48. The Morgan fingerprint density at radius 3 is 2.56 bits per heavy atom. The molecule has 2 N–H and O–H groups in total. The van der Waals surface area contributed by atoms with Crippen LogP contribution in [0.3, 0.4) is 0 Å². The van der Waals surface area contributed by atoms with Crippen LogP contribution in [-0.4, -0.2) is 63.7 Å². The number of nitrogens with one attached hydrogen (secondary N) is 2. The number of likely N-dealkylation sites (N-methyl/N-ethyl adjacent to an activating group) is 2. The molecule has 0 fully saturated rings. The number of methoxy groups -OCH3 is 1. The van der Waals surface area contributed by atoms with E-state index in [1.165, 1.54) is 4.90 Å². The van der Waals surface area contributed by atoms with Gasteiger partial charge in [-0.3, -0.25) is 9.59 Å². The zero-order valence-electron chi connectivity index (χ0n) is 10.4. The number of ether oxygens (including phenoxy) is 1. The maximum atomic E-state index is 11.6. The molecular weight excluding hydrogens is 210 g/mol. The van der Waals surface area contributed by atoms with Crippen molar-refractivity contribution in [2.24, 2.45) is 0 Å². The van der Waals surface area contributed by atoms with Crippen molar-refractivity contribution in [3.8, 4) is 0 Å². The molecule has 94 valence electrons. The van der Waals surface area contributed by atoms with Crippen LogP contribution in [0.15, 0.2) is 0 Å². The highest BCUT2D eigenvalue weighted by Gasteiger charge is 2.17. The van der Waals surface area contributed by atoms with Crippen molar-refractivity contribution in [1.29, 1.82) is 0 Å². The second-order valence-electron chi connectivity index (χ2n) is 3.55. The lowest BCUT2D eigenvalue weighted by Gasteiger charge is -2.20. The van der Waals surface area contributed by atoms with E-state index in [2.05, 4.69) is 10.6 Å². The number of rotatable bonds is 7. The van der Waals surface area contributed by atoms with Crippen molar-refractivity contribution in [2.75, 3.05) is 40.9 Å². The molecule has 1 unspecified atom stereocenters. The summed E-state index contributed by atoms with van der Waals surface area (Å²) >= 11 is 0. The van der Waals surface area contributed by atoms with Crippen LogP contribution in [0.25, 0.3) is 0 Å². The topological polar surface area (TPSA) is 70.7 Å². The minimum Gasteiger partial charge on any atom is -0.383 e. The maximum absolute atomic E-state index is 11.6. The zero-order chi connectivity index (χ0) is 12.6. The summed E-state index contributed by atoms with van der Waals surface area (Å²) < 4.78 is 4.80. The molecule has 0 aliphatic heterocycles. The van der Waals surface area contributed by atoms with Gasteiger partial charge in [0, 0.05) is 20.7 Å². The van der Waals surface area contributed by atoms with Gasteiger partial charge in [-0.1, -0.05) is 0 Å². The molecule has 0 radical (unpaired) electrons. The van der Waals surface area contributed by atoms with Gasteiger partial charge in [0.05, 0.1) is 19.2 Å². The fraction of sp³-hybridized carbons (Fsp3) is 0.800. The molecule has 16 heavy (non-hydrogen) atoms. The van der Waals surface area contributed by atoms with Crippen LogP contribution < -0.4 is 10.6 Å². The molecular formula is C10H21N3O3. The van der Waals surface area contributed by atoms with E-state index in [1.807, 2.05) is 0 Å². The fourth-order valence-electron chi connectivity index (χ4n) is 1.10. The first-order valence-corrected chi connectivity index (χ1v) is 5.20. The van der Waals surface area contributed by atoms with E-state index in [9.17, 15) is 9.59 Å². The van der Waals surface area contributed by atoms with E-state index in [0.29, 0.717) is 13.2 Å². The first-order chi connectivity index (χ1) is 7.52. The molecule has 0 aliphatic rings. The Labute approximate surface area is 96.3 Å². The van der Waals surface area contributed by atoms with E-state index in [4.69, 9.17) is 4.74 Å². The third-order valence-corrected chi connectivity index (χ3v) is 2.19. The second kappa shape index (κ2) is 8.06.